The minimum absolute atomic E-state index is 0.647. The predicted molar refractivity (Wildman–Crippen MR) is 87.8 cm³/mol. The molecule has 3 rings (SSSR count). The zero-order valence-corrected chi connectivity index (χ0v) is 12.2. The van der Waals surface area contributed by atoms with Crippen molar-refractivity contribution in [1.82, 2.24) is 4.90 Å². The maximum absolute atomic E-state index is 5.43. The first kappa shape index (κ1) is 12.8. The molecule has 0 aliphatic carbocycles. The molecule has 0 saturated carbocycles. The molecular formula is C16H15N3S. The van der Waals surface area contributed by atoms with E-state index in [-0.39, 0.29) is 0 Å². The van der Waals surface area contributed by atoms with E-state index in [2.05, 4.69) is 36.5 Å². The summed E-state index contributed by atoms with van der Waals surface area (Å²) < 4.78 is 0. The summed E-state index contributed by atoms with van der Waals surface area (Å²) in [6, 6.07) is 16.2. The standard InChI is InChI=1S/C16H15N3S/c1-11-7-9-12(10-8-11)15-17-13-5-3-4-6-14(13)18-16(20)19(15)2/h3-10H,1-2H3,(H,18,20). The molecule has 0 saturated heterocycles. The van der Waals surface area contributed by atoms with Crippen LogP contribution < -0.4 is 5.32 Å². The molecule has 4 heteroatoms. The first-order chi connectivity index (χ1) is 9.65. The molecule has 0 unspecified atom stereocenters. The van der Waals surface area contributed by atoms with Gasteiger partial charge in [-0.1, -0.05) is 42.0 Å². The summed E-state index contributed by atoms with van der Waals surface area (Å²) in [5.41, 5.74) is 4.12. The van der Waals surface area contributed by atoms with Gasteiger partial charge in [-0.15, -0.1) is 0 Å². The Morgan fingerprint density at radius 3 is 2.50 bits per heavy atom. The van der Waals surface area contributed by atoms with Gasteiger partial charge in [0.1, 0.15) is 5.84 Å². The number of hydrogen-bond donors (Lipinski definition) is 1. The average Bonchev–Trinajstić information content (AvgIpc) is 2.58. The third kappa shape index (κ3) is 2.30. The SMILES string of the molecule is Cc1ccc(C2=Nc3ccccc3NC(=S)N2C)cc1. The number of nitrogens with zero attached hydrogens (tertiary/aromatic N) is 2. The second kappa shape index (κ2) is 5.06. The van der Waals surface area contributed by atoms with Crippen LogP contribution in [0.5, 0.6) is 0 Å². The van der Waals surface area contributed by atoms with Gasteiger partial charge in [0.15, 0.2) is 5.11 Å². The van der Waals surface area contributed by atoms with Gasteiger partial charge in [0.2, 0.25) is 0 Å². The lowest BCUT2D eigenvalue weighted by Gasteiger charge is -2.20. The molecule has 1 heterocycles. The van der Waals surface area contributed by atoms with Crippen LogP contribution in [0.1, 0.15) is 11.1 Å². The third-order valence-electron chi connectivity index (χ3n) is 3.30. The van der Waals surface area contributed by atoms with Crippen molar-refractivity contribution in [1.29, 1.82) is 0 Å². The van der Waals surface area contributed by atoms with E-state index in [0.29, 0.717) is 5.11 Å². The fourth-order valence-corrected chi connectivity index (χ4v) is 2.32. The largest absolute Gasteiger partial charge is 0.330 e. The summed E-state index contributed by atoms with van der Waals surface area (Å²) in [7, 11) is 1.93. The van der Waals surface area contributed by atoms with Crippen LogP contribution in [-0.2, 0) is 0 Å². The molecule has 2 aromatic carbocycles. The third-order valence-corrected chi connectivity index (χ3v) is 3.68. The van der Waals surface area contributed by atoms with Gasteiger partial charge in [0.25, 0.3) is 0 Å². The normalized spacial score (nSPS) is 14.2. The van der Waals surface area contributed by atoms with Crippen LogP contribution in [0.15, 0.2) is 53.5 Å². The van der Waals surface area contributed by atoms with Gasteiger partial charge in [-0.3, -0.25) is 0 Å². The quantitative estimate of drug-likeness (QED) is 0.807. The lowest BCUT2D eigenvalue weighted by atomic mass is 10.1. The molecule has 0 fully saturated rings. The van der Waals surface area contributed by atoms with E-state index in [4.69, 9.17) is 17.2 Å². The topological polar surface area (TPSA) is 27.6 Å². The summed E-state index contributed by atoms with van der Waals surface area (Å²) >= 11 is 5.43. The highest BCUT2D eigenvalue weighted by atomic mass is 32.1. The molecule has 20 heavy (non-hydrogen) atoms. The maximum Gasteiger partial charge on any atom is 0.178 e. The van der Waals surface area contributed by atoms with Gasteiger partial charge >= 0.3 is 0 Å². The number of thiocarbonyl (C=S) groups is 1. The lowest BCUT2D eigenvalue weighted by Crippen LogP contribution is -2.35. The summed E-state index contributed by atoms with van der Waals surface area (Å²) in [5.74, 6) is 0.854. The number of hydrogen-bond acceptors (Lipinski definition) is 2. The number of aliphatic imine (C=N–C) groups is 1. The van der Waals surface area contributed by atoms with Crippen LogP contribution in [0.25, 0.3) is 0 Å². The van der Waals surface area contributed by atoms with Crippen molar-refractivity contribution < 1.29 is 0 Å². The zero-order valence-electron chi connectivity index (χ0n) is 11.4. The summed E-state index contributed by atoms with van der Waals surface area (Å²) in [6.07, 6.45) is 0. The minimum atomic E-state index is 0.647. The molecule has 0 spiro atoms. The smallest absolute Gasteiger partial charge is 0.178 e. The number of para-hydroxylation sites is 2. The molecule has 3 nitrogen and oxygen atoms in total. The van der Waals surface area contributed by atoms with E-state index in [1.54, 1.807) is 0 Å². The molecule has 0 aromatic heterocycles. The number of rotatable bonds is 1. The Morgan fingerprint density at radius 2 is 1.75 bits per heavy atom. The molecule has 2 aromatic rings. The summed E-state index contributed by atoms with van der Waals surface area (Å²) in [4.78, 5) is 6.67. The van der Waals surface area contributed by atoms with Crippen LogP contribution in [-0.4, -0.2) is 22.9 Å². The van der Waals surface area contributed by atoms with Gasteiger partial charge < -0.3 is 10.2 Å². The fraction of sp³-hybridized carbons (Fsp3) is 0.125. The Morgan fingerprint density at radius 1 is 1.05 bits per heavy atom. The Kier molecular flexibility index (Phi) is 3.24. The fourth-order valence-electron chi connectivity index (χ4n) is 2.12. The van der Waals surface area contributed by atoms with E-state index in [1.165, 1.54) is 5.56 Å². The van der Waals surface area contributed by atoms with Crippen molar-refractivity contribution in [3.05, 3.63) is 59.7 Å². The Hall–Kier alpha value is -2.20. The Labute approximate surface area is 124 Å². The second-order valence-corrected chi connectivity index (χ2v) is 5.19. The molecular weight excluding hydrogens is 266 g/mol. The Balaban J connectivity index is 2.14. The van der Waals surface area contributed by atoms with Gasteiger partial charge in [0, 0.05) is 12.6 Å². The van der Waals surface area contributed by atoms with Crippen LogP contribution in [0.3, 0.4) is 0 Å². The number of benzene rings is 2. The lowest BCUT2D eigenvalue weighted by molar-refractivity contribution is 0.769. The molecule has 0 atom stereocenters. The molecule has 0 radical (unpaired) electrons. The van der Waals surface area contributed by atoms with Crippen molar-refractivity contribution in [2.45, 2.75) is 6.92 Å². The van der Waals surface area contributed by atoms with Gasteiger partial charge in [0.05, 0.1) is 11.4 Å². The van der Waals surface area contributed by atoms with E-state index in [1.807, 2.05) is 36.2 Å². The monoisotopic (exact) mass is 281 g/mol. The molecule has 0 bridgehead atoms. The highest BCUT2D eigenvalue weighted by Crippen LogP contribution is 2.28. The summed E-state index contributed by atoms with van der Waals surface area (Å²) in [5, 5.41) is 3.87. The highest BCUT2D eigenvalue weighted by Gasteiger charge is 2.19. The van der Waals surface area contributed by atoms with Gasteiger partial charge in [-0.05, 0) is 31.3 Å². The minimum Gasteiger partial charge on any atom is -0.330 e. The number of anilines is 1. The number of amidine groups is 1. The molecule has 1 aliphatic heterocycles. The van der Waals surface area contributed by atoms with Crippen molar-refractivity contribution in [3.8, 4) is 0 Å². The van der Waals surface area contributed by atoms with Gasteiger partial charge in [-0.2, -0.15) is 0 Å². The van der Waals surface area contributed by atoms with Crippen molar-refractivity contribution in [2.75, 3.05) is 12.4 Å². The molecule has 0 amide bonds. The van der Waals surface area contributed by atoms with Gasteiger partial charge in [-0.25, -0.2) is 4.99 Å². The molecule has 1 N–H and O–H groups in total. The van der Waals surface area contributed by atoms with Crippen molar-refractivity contribution in [3.63, 3.8) is 0 Å². The summed E-state index contributed by atoms with van der Waals surface area (Å²) in [6.45, 7) is 2.07. The van der Waals surface area contributed by atoms with Crippen LogP contribution in [0, 0.1) is 6.92 Å². The van der Waals surface area contributed by atoms with E-state index >= 15 is 0 Å². The molecule has 100 valence electrons. The van der Waals surface area contributed by atoms with E-state index in [9.17, 15) is 0 Å². The number of aryl methyl sites for hydroxylation is 1. The average molecular weight is 281 g/mol. The first-order valence-electron chi connectivity index (χ1n) is 6.44. The predicted octanol–water partition coefficient (Wildman–Crippen LogP) is 3.72. The second-order valence-electron chi connectivity index (χ2n) is 4.81. The maximum atomic E-state index is 5.43. The van der Waals surface area contributed by atoms with Crippen molar-refractivity contribution in [2.24, 2.45) is 4.99 Å². The number of fused-ring (bicyclic) bond motifs is 1. The number of nitrogens with one attached hydrogen (secondary N) is 1. The van der Waals surface area contributed by atoms with Crippen molar-refractivity contribution >= 4 is 34.5 Å². The zero-order chi connectivity index (χ0) is 14.1. The first-order valence-corrected chi connectivity index (χ1v) is 6.85. The van der Waals surface area contributed by atoms with Crippen LogP contribution >= 0.6 is 12.2 Å². The van der Waals surface area contributed by atoms with E-state index in [0.717, 1.165) is 22.8 Å². The highest BCUT2D eigenvalue weighted by molar-refractivity contribution is 7.80. The Bertz CT molecular complexity index is 689. The van der Waals surface area contributed by atoms with Crippen LogP contribution in [0.2, 0.25) is 0 Å². The van der Waals surface area contributed by atoms with E-state index < -0.39 is 0 Å². The molecule has 1 aliphatic rings. The van der Waals surface area contributed by atoms with Crippen LogP contribution in [0.4, 0.5) is 11.4 Å².